The Kier molecular flexibility index (Phi) is 5.37. The number of carbonyl (C=O) groups excluding carboxylic acids is 1. The van der Waals surface area contributed by atoms with E-state index in [0.29, 0.717) is 0 Å². The molecule has 6 nitrogen and oxygen atoms in total. The highest BCUT2D eigenvalue weighted by Gasteiger charge is 2.58. The monoisotopic (exact) mass is 288 g/mol. The van der Waals surface area contributed by atoms with Gasteiger partial charge in [-0.05, 0) is 6.42 Å². The quantitative estimate of drug-likeness (QED) is 0.408. The van der Waals surface area contributed by atoms with E-state index in [1.807, 2.05) is 0 Å². The second kappa shape index (κ2) is 6.85. The van der Waals surface area contributed by atoms with Gasteiger partial charge in [0.15, 0.2) is 6.10 Å². The van der Waals surface area contributed by atoms with Crippen LogP contribution in [0.15, 0.2) is 0 Å². The van der Waals surface area contributed by atoms with Gasteiger partial charge in [0.1, 0.15) is 18.8 Å². The molecule has 2 N–H and O–H groups in total. The average Bonchev–Trinajstić information content (AvgIpc) is 2.92. The molecule has 4 atom stereocenters. The largest absolute Gasteiger partial charge is 0.428 e. The lowest BCUT2D eigenvalue weighted by atomic mass is 10.1. The van der Waals surface area contributed by atoms with Gasteiger partial charge in [0.25, 0.3) is 5.79 Å². The van der Waals surface area contributed by atoms with Gasteiger partial charge in [0.2, 0.25) is 0 Å². The van der Waals surface area contributed by atoms with Crippen LogP contribution in [0.5, 0.6) is 0 Å². The Balaban J connectivity index is 1.73. The minimum absolute atomic E-state index is 0.0895. The van der Waals surface area contributed by atoms with Crippen molar-refractivity contribution < 1.29 is 29.2 Å². The fourth-order valence-electron chi connectivity index (χ4n) is 2.69. The molecule has 0 aromatic heterocycles. The number of aliphatic hydroxyl groups is 2. The number of esters is 1. The Morgan fingerprint density at radius 3 is 2.80 bits per heavy atom. The molecule has 0 radical (unpaired) electrons. The molecule has 0 saturated carbocycles. The first-order chi connectivity index (χ1) is 9.57. The van der Waals surface area contributed by atoms with Crippen molar-refractivity contribution in [3.05, 3.63) is 0 Å². The van der Waals surface area contributed by atoms with Gasteiger partial charge in [-0.3, -0.25) is 4.79 Å². The maximum Gasteiger partial charge on any atom is 0.308 e. The first-order valence-corrected chi connectivity index (χ1v) is 7.42. The average molecular weight is 288 g/mol. The van der Waals surface area contributed by atoms with Crippen molar-refractivity contribution in [2.45, 2.75) is 69.5 Å². The van der Waals surface area contributed by atoms with Crippen LogP contribution in [-0.4, -0.2) is 53.5 Å². The topological polar surface area (TPSA) is 85.2 Å². The predicted molar refractivity (Wildman–Crippen MR) is 69.9 cm³/mol. The minimum atomic E-state index is -1.76. The van der Waals surface area contributed by atoms with Crippen LogP contribution < -0.4 is 0 Å². The minimum Gasteiger partial charge on any atom is -0.428 e. The number of fused-ring (bicyclic) bond motifs is 1. The molecule has 6 heteroatoms. The third-order valence-electron chi connectivity index (χ3n) is 3.83. The van der Waals surface area contributed by atoms with Gasteiger partial charge in [-0.15, -0.1) is 0 Å². The lowest BCUT2D eigenvalue weighted by molar-refractivity contribution is -0.237. The van der Waals surface area contributed by atoms with Crippen LogP contribution >= 0.6 is 0 Å². The summed E-state index contributed by atoms with van der Waals surface area (Å²) in [6.45, 7) is 2.07. The first-order valence-electron chi connectivity index (χ1n) is 7.42. The van der Waals surface area contributed by atoms with Crippen LogP contribution in [0, 0.1) is 0 Å². The zero-order valence-corrected chi connectivity index (χ0v) is 11.9. The number of unbranched alkanes of at least 4 members (excludes halogenated alkanes) is 4. The van der Waals surface area contributed by atoms with Crippen molar-refractivity contribution in [3.8, 4) is 0 Å². The van der Waals surface area contributed by atoms with E-state index in [1.54, 1.807) is 0 Å². The van der Waals surface area contributed by atoms with Crippen LogP contribution in [0.4, 0.5) is 0 Å². The summed E-state index contributed by atoms with van der Waals surface area (Å²) in [6.07, 6.45) is 3.28. The molecule has 2 aliphatic heterocycles. The Labute approximate surface area is 119 Å². The summed E-state index contributed by atoms with van der Waals surface area (Å²) < 4.78 is 15.6. The van der Waals surface area contributed by atoms with Crippen LogP contribution in [-0.2, 0) is 19.0 Å². The van der Waals surface area contributed by atoms with Gasteiger partial charge < -0.3 is 24.4 Å². The summed E-state index contributed by atoms with van der Waals surface area (Å²) >= 11 is 0. The molecule has 0 aromatic rings. The van der Waals surface area contributed by atoms with Gasteiger partial charge in [0, 0.05) is 6.42 Å². The van der Waals surface area contributed by atoms with Gasteiger partial charge in [-0.1, -0.05) is 32.6 Å². The smallest absolute Gasteiger partial charge is 0.308 e. The number of hydrogen-bond acceptors (Lipinski definition) is 6. The molecule has 0 bridgehead atoms. The van der Waals surface area contributed by atoms with Gasteiger partial charge in [0.05, 0.1) is 6.61 Å². The molecule has 0 unspecified atom stereocenters. The molecule has 2 rings (SSSR count). The molecule has 0 aliphatic carbocycles. The van der Waals surface area contributed by atoms with Crippen LogP contribution in [0.25, 0.3) is 0 Å². The second-order valence-corrected chi connectivity index (χ2v) is 5.58. The van der Waals surface area contributed by atoms with Crippen molar-refractivity contribution in [3.63, 3.8) is 0 Å². The summed E-state index contributed by atoms with van der Waals surface area (Å²) in [5.74, 6) is -2.21. The van der Waals surface area contributed by atoms with Crippen molar-refractivity contribution in [2.75, 3.05) is 13.2 Å². The third kappa shape index (κ3) is 3.49. The molecule has 2 heterocycles. The zero-order chi connectivity index (χ0) is 14.6. The Bertz CT molecular complexity index is 334. The van der Waals surface area contributed by atoms with Crippen molar-refractivity contribution in [1.29, 1.82) is 0 Å². The van der Waals surface area contributed by atoms with Gasteiger partial charge in [-0.25, -0.2) is 0 Å². The number of carbonyl (C=O) groups is 1. The van der Waals surface area contributed by atoms with Crippen molar-refractivity contribution in [2.24, 2.45) is 0 Å². The van der Waals surface area contributed by atoms with E-state index < -0.39 is 30.1 Å². The van der Waals surface area contributed by atoms with Crippen molar-refractivity contribution in [1.82, 2.24) is 0 Å². The number of ether oxygens (including phenoxy) is 3. The lowest BCUT2D eigenvalue weighted by Gasteiger charge is -2.26. The van der Waals surface area contributed by atoms with Gasteiger partial charge >= 0.3 is 5.97 Å². The summed E-state index contributed by atoms with van der Waals surface area (Å²) in [7, 11) is 0. The maximum atomic E-state index is 11.8. The van der Waals surface area contributed by atoms with Crippen LogP contribution in [0.1, 0.15) is 45.4 Å². The summed E-state index contributed by atoms with van der Waals surface area (Å²) in [4.78, 5) is 11.8. The summed E-state index contributed by atoms with van der Waals surface area (Å²) in [5, 5.41) is 19.9. The molecule has 2 aliphatic rings. The third-order valence-corrected chi connectivity index (χ3v) is 3.83. The van der Waals surface area contributed by atoms with Crippen LogP contribution in [0.2, 0.25) is 0 Å². The predicted octanol–water partition coefficient (Wildman–Crippen LogP) is 0.737. The molecule has 0 aromatic carbocycles. The van der Waals surface area contributed by atoms with E-state index in [1.165, 1.54) is 6.42 Å². The van der Waals surface area contributed by atoms with E-state index in [4.69, 9.17) is 14.2 Å². The summed E-state index contributed by atoms with van der Waals surface area (Å²) in [6, 6.07) is 0. The van der Waals surface area contributed by atoms with Crippen molar-refractivity contribution >= 4 is 5.97 Å². The Morgan fingerprint density at radius 2 is 2.05 bits per heavy atom. The highest BCUT2D eigenvalue weighted by molar-refractivity contribution is 5.69. The fourth-order valence-corrected chi connectivity index (χ4v) is 2.69. The Morgan fingerprint density at radius 1 is 1.30 bits per heavy atom. The molecule has 2 fully saturated rings. The van der Waals surface area contributed by atoms with E-state index >= 15 is 0 Å². The van der Waals surface area contributed by atoms with E-state index in [9.17, 15) is 15.0 Å². The summed E-state index contributed by atoms with van der Waals surface area (Å²) in [5.41, 5.74) is 0. The molecule has 0 amide bonds. The first kappa shape index (κ1) is 15.7. The standard InChI is InChI=1S/C14H24O6/c1-2-3-4-5-6-7-11(16)20-14(17)9-19-12-10(15)8-18-13(12)14/h10,12-13,15,17H,2-9H2,1H3/t10-,12-,13+,14+/m1/s1. The second-order valence-electron chi connectivity index (χ2n) is 5.58. The van der Waals surface area contributed by atoms with E-state index in [-0.39, 0.29) is 19.6 Å². The SMILES string of the molecule is CCCCCCCC(=O)O[C@@]1(O)CO[C@@H]2[C@H](O)CO[C@@H]21. The molecule has 20 heavy (non-hydrogen) atoms. The van der Waals surface area contributed by atoms with E-state index in [2.05, 4.69) is 6.92 Å². The van der Waals surface area contributed by atoms with Crippen LogP contribution in [0.3, 0.4) is 0 Å². The highest BCUT2D eigenvalue weighted by Crippen LogP contribution is 2.35. The van der Waals surface area contributed by atoms with E-state index in [0.717, 1.165) is 25.7 Å². The normalized spacial score (nSPS) is 36.0. The maximum absolute atomic E-state index is 11.8. The number of aliphatic hydroxyl groups excluding tert-OH is 1. The lowest BCUT2D eigenvalue weighted by Crippen LogP contribution is -2.47. The number of hydrogen-bond donors (Lipinski definition) is 2. The molecule has 0 spiro atoms. The molecule has 2 saturated heterocycles. The zero-order valence-electron chi connectivity index (χ0n) is 11.9. The molecular formula is C14H24O6. The molecule has 116 valence electrons. The number of rotatable bonds is 7. The van der Waals surface area contributed by atoms with Gasteiger partial charge in [-0.2, -0.15) is 0 Å². The molecular weight excluding hydrogens is 264 g/mol. The Hall–Kier alpha value is -0.690. The fraction of sp³-hybridized carbons (Fsp3) is 0.929. The highest BCUT2D eigenvalue weighted by atomic mass is 16.7.